The number of para-hydroxylation sites is 2. The van der Waals surface area contributed by atoms with Crippen LogP contribution in [-0.4, -0.2) is 73.7 Å². The van der Waals surface area contributed by atoms with Gasteiger partial charge in [-0.3, -0.25) is 19.6 Å². The Morgan fingerprint density at radius 1 is 0.971 bits per heavy atom. The van der Waals surface area contributed by atoms with Crippen LogP contribution in [0, 0.1) is 0 Å². The lowest BCUT2D eigenvalue weighted by Crippen LogP contribution is -2.60. The van der Waals surface area contributed by atoms with Gasteiger partial charge in [0.1, 0.15) is 0 Å². The van der Waals surface area contributed by atoms with Gasteiger partial charge in [-0.05, 0) is 37.1 Å². The predicted octanol–water partition coefficient (Wildman–Crippen LogP) is 3.56. The first-order valence-corrected chi connectivity index (χ1v) is 12.3. The van der Waals surface area contributed by atoms with Gasteiger partial charge in [-0.2, -0.15) is 0 Å². The number of piperidine rings is 1. The Hall–Kier alpha value is -2.90. The minimum absolute atomic E-state index is 0.123. The van der Waals surface area contributed by atoms with Crippen LogP contribution in [0.15, 0.2) is 60.7 Å². The molecule has 0 atom stereocenters. The third-order valence-corrected chi connectivity index (χ3v) is 7.04. The molecule has 0 bridgehead atoms. The first kappa shape index (κ1) is 24.2. The second kappa shape index (κ2) is 11.0. The molecule has 0 aromatic heterocycles. The monoisotopic (exact) mass is 464 g/mol. The Labute approximate surface area is 202 Å². The summed E-state index contributed by atoms with van der Waals surface area (Å²) in [5, 5.41) is 3.99. The summed E-state index contributed by atoms with van der Waals surface area (Å²) in [6.45, 7) is 6.35. The van der Waals surface area contributed by atoms with Gasteiger partial charge in [0.15, 0.2) is 0 Å². The highest BCUT2D eigenvalue weighted by molar-refractivity contribution is 5.94. The van der Waals surface area contributed by atoms with E-state index >= 15 is 0 Å². The maximum Gasteiger partial charge on any atom is 0.242 e. The number of rotatable bonds is 9. The topological polar surface area (TPSA) is 56.3 Å². The van der Waals surface area contributed by atoms with E-state index in [1.165, 1.54) is 0 Å². The smallest absolute Gasteiger partial charge is 0.242 e. The lowest BCUT2D eigenvalue weighted by molar-refractivity contribution is -0.128. The van der Waals surface area contributed by atoms with Crippen LogP contribution in [0.4, 0.5) is 11.4 Å². The molecule has 4 rings (SSSR count). The summed E-state index contributed by atoms with van der Waals surface area (Å²) in [5.74, 6) is 0.302. The van der Waals surface area contributed by atoms with Crippen molar-refractivity contribution in [2.45, 2.75) is 38.1 Å². The summed E-state index contributed by atoms with van der Waals surface area (Å²) >= 11 is 0. The number of anilines is 2. The number of amides is 2. The third kappa shape index (κ3) is 5.10. The maximum absolute atomic E-state index is 13.1. The van der Waals surface area contributed by atoms with E-state index in [2.05, 4.69) is 22.0 Å². The molecule has 2 heterocycles. The van der Waals surface area contributed by atoms with Gasteiger partial charge in [0.2, 0.25) is 11.8 Å². The molecule has 0 saturated carbocycles. The van der Waals surface area contributed by atoms with Crippen LogP contribution in [0.3, 0.4) is 0 Å². The maximum atomic E-state index is 13.1. The Morgan fingerprint density at radius 2 is 1.62 bits per heavy atom. The summed E-state index contributed by atoms with van der Waals surface area (Å²) in [5.41, 5.74) is 1.63. The van der Waals surface area contributed by atoms with Crippen LogP contribution in [0.25, 0.3) is 0 Å². The van der Waals surface area contributed by atoms with E-state index in [1.807, 2.05) is 65.4 Å². The fourth-order valence-electron chi connectivity index (χ4n) is 5.25. The standard InChI is InChI=1S/C27H36N4O3/c1-3-25(32)31(24-12-8-5-9-13-24)27(22-34-2)15-18-28(19-16-27)20-21-30-26(33)14-17-29(30)23-10-6-4-7-11-23/h4-13H,3,14-22H2,1-2H3. The largest absolute Gasteiger partial charge is 0.382 e. The highest BCUT2D eigenvalue weighted by atomic mass is 16.5. The molecule has 2 saturated heterocycles. The molecule has 2 aliphatic rings. The first-order chi connectivity index (χ1) is 16.6. The Morgan fingerprint density at radius 3 is 2.24 bits per heavy atom. The molecule has 0 N–H and O–H groups in total. The van der Waals surface area contributed by atoms with E-state index in [1.54, 1.807) is 7.11 Å². The van der Waals surface area contributed by atoms with Crippen molar-refractivity contribution >= 4 is 23.2 Å². The van der Waals surface area contributed by atoms with Gasteiger partial charge < -0.3 is 14.5 Å². The van der Waals surface area contributed by atoms with Crippen LogP contribution in [0.2, 0.25) is 0 Å². The SMILES string of the molecule is CCC(=O)N(c1ccccc1)C1(COC)CCN(CCN2C(=O)CCN2c2ccccc2)CC1. The number of nitrogens with zero attached hydrogens (tertiary/aromatic N) is 4. The number of methoxy groups -OCH3 is 1. The lowest BCUT2D eigenvalue weighted by Gasteiger charge is -2.48. The van der Waals surface area contributed by atoms with Gasteiger partial charge in [-0.1, -0.05) is 43.3 Å². The first-order valence-electron chi connectivity index (χ1n) is 12.3. The number of hydrogen-bond donors (Lipinski definition) is 0. The molecule has 34 heavy (non-hydrogen) atoms. The molecule has 0 unspecified atom stereocenters. The van der Waals surface area contributed by atoms with E-state index in [4.69, 9.17) is 4.74 Å². The molecule has 2 aromatic rings. The third-order valence-electron chi connectivity index (χ3n) is 7.04. The number of benzene rings is 2. The highest BCUT2D eigenvalue weighted by Gasteiger charge is 2.43. The highest BCUT2D eigenvalue weighted by Crippen LogP contribution is 2.34. The van der Waals surface area contributed by atoms with Crippen molar-refractivity contribution in [2.75, 3.05) is 56.3 Å². The van der Waals surface area contributed by atoms with Crippen molar-refractivity contribution in [1.29, 1.82) is 0 Å². The molecule has 7 heteroatoms. The average molecular weight is 465 g/mol. The van der Waals surface area contributed by atoms with Gasteiger partial charge in [-0.25, -0.2) is 0 Å². The number of hydrazine groups is 1. The molecule has 2 fully saturated rings. The minimum atomic E-state index is -0.362. The summed E-state index contributed by atoms with van der Waals surface area (Å²) < 4.78 is 5.66. The van der Waals surface area contributed by atoms with E-state index < -0.39 is 0 Å². The molecule has 0 radical (unpaired) electrons. The van der Waals surface area contributed by atoms with Crippen molar-refractivity contribution in [1.82, 2.24) is 9.91 Å². The van der Waals surface area contributed by atoms with E-state index in [-0.39, 0.29) is 17.4 Å². The van der Waals surface area contributed by atoms with Crippen LogP contribution in [0.1, 0.15) is 32.6 Å². The molecule has 2 aromatic carbocycles. The van der Waals surface area contributed by atoms with Crippen molar-refractivity contribution in [2.24, 2.45) is 0 Å². The normalized spacial score (nSPS) is 18.4. The number of hydrogen-bond acceptors (Lipinski definition) is 5. The Kier molecular flexibility index (Phi) is 7.85. The van der Waals surface area contributed by atoms with Crippen molar-refractivity contribution in [3.8, 4) is 0 Å². The summed E-state index contributed by atoms with van der Waals surface area (Å²) in [6.07, 6.45) is 2.67. The van der Waals surface area contributed by atoms with E-state index in [0.29, 0.717) is 26.0 Å². The molecule has 2 aliphatic heterocycles. The minimum Gasteiger partial charge on any atom is -0.382 e. The molecule has 182 valence electrons. The number of carbonyl (C=O) groups is 2. The Bertz CT molecular complexity index is 945. The van der Waals surface area contributed by atoms with Crippen LogP contribution >= 0.6 is 0 Å². The van der Waals surface area contributed by atoms with Gasteiger partial charge in [0.05, 0.1) is 24.4 Å². The molecular weight excluding hydrogens is 428 g/mol. The molecule has 2 amide bonds. The number of ether oxygens (including phenoxy) is 1. The van der Waals surface area contributed by atoms with Crippen LogP contribution < -0.4 is 9.91 Å². The van der Waals surface area contributed by atoms with E-state index in [9.17, 15) is 9.59 Å². The average Bonchev–Trinajstić information content (AvgIpc) is 3.25. The zero-order valence-corrected chi connectivity index (χ0v) is 20.4. The Balaban J connectivity index is 1.43. The van der Waals surface area contributed by atoms with Crippen LogP contribution in [0.5, 0.6) is 0 Å². The van der Waals surface area contributed by atoms with Crippen LogP contribution in [-0.2, 0) is 14.3 Å². The van der Waals surface area contributed by atoms with E-state index in [0.717, 1.165) is 50.4 Å². The van der Waals surface area contributed by atoms with Crippen molar-refractivity contribution in [3.63, 3.8) is 0 Å². The molecule has 7 nitrogen and oxygen atoms in total. The molecule has 0 spiro atoms. The number of likely N-dealkylation sites (tertiary alicyclic amines) is 1. The summed E-state index contributed by atoms with van der Waals surface area (Å²) in [4.78, 5) is 30.1. The predicted molar refractivity (Wildman–Crippen MR) is 135 cm³/mol. The van der Waals surface area contributed by atoms with Crippen molar-refractivity contribution in [3.05, 3.63) is 60.7 Å². The van der Waals surface area contributed by atoms with Gasteiger partial charge in [-0.15, -0.1) is 0 Å². The zero-order valence-electron chi connectivity index (χ0n) is 20.4. The van der Waals surface area contributed by atoms with Gasteiger partial charge in [0, 0.05) is 51.8 Å². The quantitative estimate of drug-likeness (QED) is 0.568. The second-order valence-electron chi connectivity index (χ2n) is 9.14. The summed E-state index contributed by atoms with van der Waals surface area (Å²) in [7, 11) is 1.71. The zero-order chi connectivity index (χ0) is 24.0. The summed E-state index contributed by atoms with van der Waals surface area (Å²) in [6, 6.07) is 20.1. The fraction of sp³-hybridized carbons (Fsp3) is 0.481. The van der Waals surface area contributed by atoms with Gasteiger partial charge in [0.25, 0.3) is 0 Å². The lowest BCUT2D eigenvalue weighted by atomic mass is 9.85. The molecule has 0 aliphatic carbocycles. The van der Waals surface area contributed by atoms with Crippen molar-refractivity contribution < 1.29 is 14.3 Å². The molecular formula is C27H36N4O3. The fourth-order valence-corrected chi connectivity index (χ4v) is 5.25. The second-order valence-corrected chi connectivity index (χ2v) is 9.14. The van der Waals surface area contributed by atoms with Gasteiger partial charge >= 0.3 is 0 Å². The number of carbonyl (C=O) groups excluding carboxylic acids is 2.